The molecule has 56 heavy (non-hydrogen) atoms. The van der Waals surface area contributed by atoms with Crippen LogP contribution in [0, 0.1) is 0 Å². The third kappa shape index (κ3) is 19.8. The molecule has 0 aromatic carbocycles. The van der Waals surface area contributed by atoms with Crippen molar-refractivity contribution >= 4 is 11.9 Å². The summed E-state index contributed by atoms with van der Waals surface area (Å²) in [7, 11) is 0. The lowest BCUT2D eigenvalue weighted by molar-refractivity contribution is -0.332. The molecule has 15 nitrogen and oxygen atoms in total. The predicted octanol–water partition coefficient (Wildman–Crippen LogP) is 3.48. The molecule has 2 rings (SSSR count). The van der Waals surface area contributed by atoms with Crippen molar-refractivity contribution in [1.82, 2.24) is 0 Å². The molecule has 2 fully saturated rings. The standard InChI is InChI=1S/C41H74O15/c1-3-5-7-9-11-13-14-16-18-20-22-24-33(44)54-29(26-51-32(43)23-21-19-17-15-12-10-8-6-4-2)27-52-40-39(50)37(48)35(46)31(56-40)28-53-41-38(49)36(47)34(45)30(25-42)55-41/h9,11,29-31,34-42,45-50H,3-8,10,12-28H2,1-2H3/b11-9+/t29-,30-,31-,34+,35+,36?,37?,38?,39?,40-,41-/m1/s1. The van der Waals surface area contributed by atoms with Crippen molar-refractivity contribution in [2.45, 2.75) is 210 Å². The van der Waals surface area contributed by atoms with E-state index in [1.807, 2.05) is 0 Å². The number of hydrogen-bond acceptors (Lipinski definition) is 15. The third-order valence-corrected chi connectivity index (χ3v) is 10.2. The van der Waals surface area contributed by atoms with Crippen molar-refractivity contribution in [1.29, 1.82) is 0 Å². The molecule has 0 spiro atoms. The Morgan fingerprint density at radius 1 is 0.554 bits per heavy atom. The van der Waals surface area contributed by atoms with E-state index in [9.17, 15) is 45.3 Å². The van der Waals surface area contributed by atoms with Crippen LogP contribution in [0.4, 0.5) is 0 Å². The molecule has 7 N–H and O–H groups in total. The Hall–Kier alpha value is -1.76. The van der Waals surface area contributed by atoms with Gasteiger partial charge in [0.2, 0.25) is 0 Å². The van der Waals surface area contributed by atoms with E-state index in [0.29, 0.717) is 12.8 Å². The minimum Gasteiger partial charge on any atom is -0.462 e. The Labute approximate surface area is 333 Å². The van der Waals surface area contributed by atoms with Crippen LogP contribution in [0.25, 0.3) is 0 Å². The Bertz CT molecular complexity index is 1040. The predicted molar refractivity (Wildman–Crippen MR) is 206 cm³/mol. The summed E-state index contributed by atoms with van der Waals surface area (Å²) in [6.45, 7) is 2.48. The topological polar surface area (TPSA) is 231 Å². The Morgan fingerprint density at radius 3 is 1.62 bits per heavy atom. The zero-order chi connectivity index (χ0) is 41.1. The fraction of sp³-hybridized carbons (Fsp3) is 0.902. The monoisotopic (exact) mass is 807 g/mol. The van der Waals surface area contributed by atoms with Gasteiger partial charge in [0.05, 0.1) is 19.8 Å². The minimum absolute atomic E-state index is 0.157. The van der Waals surface area contributed by atoms with Gasteiger partial charge in [-0.05, 0) is 32.1 Å². The summed E-state index contributed by atoms with van der Waals surface area (Å²) < 4.78 is 33.3. The molecule has 0 amide bonds. The highest BCUT2D eigenvalue weighted by Gasteiger charge is 2.47. The van der Waals surface area contributed by atoms with Crippen molar-refractivity contribution in [3.8, 4) is 0 Å². The van der Waals surface area contributed by atoms with Crippen LogP contribution in [0.1, 0.15) is 142 Å². The van der Waals surface area contributed by atoms with Crippen LogP contribution in [0.3, 0.4) is 0 Å². The van der Waals surface area contributed by atoms with Gasteiger partial charge in [-0.15, -0.1) is 0 Å². The summed E-state index contributed by atoms with van der Waals surface area (Å²) in [6.07, 6.45) is 7.08. The van der Waals surface area contributed by atoms with E-state index in [1.165, 1.54) is 44.9 Å². The molecular weight excluding hydrogens is 732 g/mol. The normalized spacial score (nSPS) is 28.7. The molecular formula is C41H74O15. The quantitative estimate of drug-likeness (QED) is 0.0302. The van der Waals surface area contributed by atoms with E-state index in [1.54, 1.807) is 0 Å². The van der Waals surface area contributed by atoms with Crippen LogP contribution in [-0.2, 0) is 38.0 Å². The van der Waals surface area contributed by atoms with Gasteiger partial charge in [-0.1, -0.05) is 109 Å². The van der Waals surface area contributed by atoms with Gasteiger partial charge in [0.1, 0.15) is 55.4 Å². The molecule has 0 bridgehead atoms. The largest absolute Gasteiger partial charge is 0.462 e. The maximum Gasteiger partial charge on any atom is 0.306 e. The van der Waals surface area contributed by atoms with Gasteiger partial charge in [-0.25, -0.2) is 0 Å². The lowest BCUT2D eigenvalue weighted by Crippen LogP contribution is -2.61. The molecule has 2 aliphatic heterocycles. The first kappa shape index (κ1) is 50.4. The Kier molecular flexibility index (Phi) is 27.3. The molecule has 2 saturated heterocycles. The number of hydrogen-bond donors (Lipinski definition) is 7. The average molecular weight is 807 g/mol. The number of allylic oxidation sites excluding steroid dienone is 2. The van der Waals surface area contributed by atoms with Crippen LogP contribution in [0.5, 0.6) is 0 Å². The molecule has 0 aliphatic carbocycles. The van der Waals surface area contributed by atoms with E-state index in [-0.39, 0.29) is 26.1 Å². The van der Waals surface area contributed by atoms with E-state index < -0.39 is 92.7 Å². The van der Waals surface area contributed by atoms with E-state index >= 15 is 0 Å². The van der Waals surface area contributed by atoms with Crippen LogP contribution >= 0.6 is 0 Å². The molecule has 328 valence electrons. The van der Waals surface area contributed by atoms with Gasteiger partial charge in [-0.2, -0.15) is 0 Å². The fourth-order valence-corrected chi connectivity index (χ4v) is 6.61. The lowest BCUT2D eigenvalue weighted by Gasteiger charge is -2.42. The molecule has 0 radical (unpaired) electrons. The lowest BCUT2D eigenvalue weighted by atomic mass is 9.98. The minimum atomic E-state index is -1.76. The first-order chi connectivity index (χ1) is 27.0. The van der Waals surface area contributed by atoms with Crippen molar-refractivity contribution < 1.29 is 73.8 Å². The second kappa shape index (κ2) is 30.3. The zero-order valence-corrected chi connectivity index (χ0v) is 33.9. The number of esters is 2. The Balaban J connectivity index is 1.89. The molecule has 11 atom stereocenters. The zero-order valence-electron chi connectivity index (χ0n) is 33.9. The maximum absolute atomic E-state index is 12.8. The van der Waals surface area contributed by atoms with Gasteiger partial charge in [-0.3, -0.25) is 9.59 Å². The van der Waals surface area contributed by atoms with Crippen LogP contribution in [-0.4, -0.2) is 142 Å². The molecule has 0 aromatic heterocycles. The number of rotatable bonds is 31. The SMILES string of the molecule is CCCC/C=C/CCCCCCCC(=O)O[C@H](COC(=O)CCCCCCCCCCC)CO[C@@H]1O[C@H](CO[C@@H]2O[C@H](CO)[C@H](O)C(O)C2O)[C@H](O)C(O)C1O. The molecule has 0 aromatic rings. The second-order valence-corrected chi connectivity index (χ2v) is 15.2. The summed E-state index contributed by atoms with van der Waals surface area (Å²) in [5.74, 6) is -0.939. The molecule has 0 saturated carbocycles. The number of aliphatic hydroxyl groups excluding tert-OH is 7. The number of carbonyl (C=O) groups excluding carboxylic acids is 2. The number of carbonyl (C=O) groups is 2. The van der Waals surface area contributed by atoms with Crippen molar-refractivity contribution in [2.24, 2.45) is 0 Å². The second-order valence-electron chi connectivity index (χ2n) is 15.2. The van der Waals surface area contributed by atoms with Crippen molar-refractivity contribution in [3.05, 3.63) is 12.2 Å². The van der Waals surface area contributed by atoms with Gasteiger partial charge in [0.25, 0.3) is 0 Å². The van der Waals surface area contributed by atoms with Gasteiger partial charge >= 0.3 is 11.9 Å². The number of ether oxygens (including phenoxy) is 6. The van der Waals surface area contributed by atoms with E-state index in [4.69, 9.17) is 28.4 Å². The van der Waals surface area contributed by atoms with E-state index in [2.05, 4.69) is 26.0 Å². The highest BCUT2D eigenvalue weighted by molar-refractivity contribution is 5.70. The molecule has 15 heteroatoms. The maximum atomic E-state index is 12.8. The molecule has 2 aliphatic rings. The highest BCUT2D eigenvalue weighted by Crippen LogP contribution is 2.26. The first-order valence-electron chi connectivity index (χ1n) is 21.3. The Morgan fingerprint density at radius 2 is 1.04 bits per heavy atom. The summed E-state index contributed by atoms with van der Waals surface area (Å²) in [6, 6.07) is 0. The fourth-order valence-electron chi connectivity index (χ4n) is 6.61. The van der Waals surface area contributed by atoms with Crippen LogP contribution in [0.2, 0.25) is 0 Å². The number of unbranched alkanes of at least 4 members (excludes halogenated alkanes) is 15. The van der Waals surface area contributed by atoms with Gasteiger partial charge < -0.3 is 64.2 Å². The first-order valence-corrected chi connectivity index (χ1v) is 21.3. The summed E-state index contributed by atoms with van der Waals surface area (Å²) >= 11 is 0. The smallest absolute Gasteiger partial charge is 0.306 e. The van der Waals surface area contributed by atoms with E-state index in [0.717, 1.165) is 57.8 Å². The van der Waals surface area contributed by atoms with Crippen LogP contribution in [0.15, 0.2) is 12.2 Å². The average Bonchev–Trinajstić information content (AvgIpc) is 3.19. The van der Waals surface area contributed by atoms with Gasteiger partial charge in [0.15, 0.2) is 18.7 Å². The van der Waals surface area contributed by atoms with Crippen molar-refractivity contribution in [3.63, 3.8) is 0 Å². The summed E-state index contributed by atoms with van der Waals surface area (Å²) in [5.41, 5.74) is 0. The number of aliphatic hydroxyl groups is 7. The molecule has 2 heterocycles. The summed E-state index contributed by atoms with van der Waals surface area (Å²) in [4.78, 5) is 25.4. The third-order valence-electron chi connectivity index (χ3n) is 10.2. The van der Waals surface area contributed by atoms with Gasteiger partial charge in [0, 0.05) is 12.8 Å². The van der Waals surface area contributed by atoms with Crippen LogP contribution < -0.4 is 0 Å². The summed E-state index contributed by atoms with van der Waals surface area (Å²) in [5, 5.41) is 71.6. The molecule has 4 unspecified atom stereocenters. The van der Waals surface area contributed by atoms with Crippen molar-refractivity contribution in [2.75, 3.05) is 26.4 Å². The highest BCUT2D eigenvalue weighted by atomic mass is 16.7.